The number of ether oxygens (including phenoxy) is 2. The summed E-state index contributed by atoms with van der Waals surface area (Å²) in [6.45, 7) is 8.76. The molecule has 0 unspecified atom stereocenters. The van der Waals surface area contributed by atoms with Crippen LogP contribution >= 0.6 is 0 Å². The fourth-order valence-electron chi connectivity index (χ4n) is 2.53. The summed E-state index contributed by atoms with van der Waals surface area (Å²) >= 11 is 0. The highest BCUT2D eigenvalue weighted by Crippen LogP contribution is 2.19. The van der Waals surface area contributed by atoms with Crippen LogP contribution in [0.3, 0.4) is 0 Å². The highest BCUT2D eigenvalue weighted by Gasteiger charge is 2.25. The molecule has 1 aliphatic heterocycles. The lowest BCUT2D eigenvalue weighted by Gasteiger charge is -2.20. The van der Waals surface area contributed by atoms with Crippen LogP contribution in [-0.2, 0) is 4.74 Å². The Hall–Kier alpha value is -2.14. The minimum Gasteiger partial charge on any atom is -0.471 e. The smallest absolute Gasteiger partial charge is 0.181 e. The molecule has 0 N–H and O–H groups in total. The first-order valence-electron chi connectivity index (χ1n) is 8.62. The van der Waals surface area contributed by atoms with Crippen molar-refractivity contribution in [2.45, 2.75) is 33.6 Å². The average molecular weight is 329 g/mol. The lowest BCUT2D eigenvalue weighted by molar-refractivity contribution is 0.142. The van der Waals surface area contributed by atoms with Crippen molar-refractivity contribution in [3.8, 4) is 5.75 Å². The highest BCUT2D eigenvalue weighted by atomic mass is 16.5. The summed E-state index contributed by atoms with van der Waals surface area (Å²) in [6.07, 6.45) is 3.83. The van der Waals surface area contributed by atoms with Gasteiger partial charge in [0.25, 0.3) is 0 Å². The number of para-hydroxylation sites is 1. The van der Waals surface area contributed by atoms with Crippen molar-refractivity contribution in [1.82, 2.24) is 4.90 Å². The second kappa shape index (κ2) is 9.88. The third kappa shape index (κ3) is 4.93. The number of rotatable bonds is 9. The molecule has 130 valence electrons. The highest BCUT2D eigenvalue weighted by molar-refractivity contribution is 6.14. The van der Waals surface area contributed by atoms with Gasteiger partial charge >= 0.3 is 0 Å². The van der Waals surface area contributed by atoms with Crippen molar-refractivity contribution < 1.29 is 9.47 Å². The molecule has 0 bridgehead atoms. The Kier molecular flexibility index (Phi) is 7.49. The molecular formula is C19H27N3O2. The van der Waals surface area contributed by atoms with Gasteiger partial charge in [0, 0.05) is 26.2 Å². The molecule has 1 aliphatic rings. The minimum atomic E-state index is 0.283. The van der Waals surface area contributed by atoms with E-state index in [1.54, 1.807) is 0 Å². The van der Waals surface area contributed by atoms with Gasteiger partial charge in [-0.25, -0.2) is 9.98 Å². The van der Waals surface area contributed by atoms with Crippen molar-refractivity contribution in [3.05, 3.63) is 42.1 Å². The summed E-state index contributed by atoms with van der Waals surface area (Å²) in [5.74, 6) is 2.77. The van der Waals surface area contributed by atoms with Crippen LogP contribution in [0.2, 0.25) is 0 Å². The van der Waals surface area contributed by atoms with Gasteiger partial charge in [-0.05, 0) is 32.4 Å². The van der Waals surface area contributed by atoms with Gasteiger partial charge in [-0.2, -0.15) is 0 Å². The van der Waals surface area contributed by atoms with Gasteiger partial charge < -0.3 is 14.4 Å². The van der Waals surface area contributed by atoms with Gasteiger partial charge in [-0.3, -0.25) is 0 Å². The third-order valence-electron chi connectivity index (χ3n) is 3.70. The maximum atomic E-state index is 5.70. The summed E-state index contributed by atoms with van der Waals surface area (Å²) < 4.78 is 11.1. The maximum Gasteiger partial charge on any atom is 0.181 e. The molecule has 0 spiro atoms. The lowest BCUT2D eigenvalue weighted by Crippen LogP contribution is -2.34. The van der Waals surface area contributed by atoms with Crippen molar-refractivity contribution >= 4 is 11.7 Å². The predicted molar refractivity (Wildman–Crippen MR) is 98.7 cm³/mol. The average Bonchev–Trinajstić information content (AvgIpc) is 2.96. The van der Waals surface area contributed by atoms with E-state index in [-0.39, 0.29) is 6.73 Å². The standard InChI is InChI=1S/C19H27N3O2/c1-4-17-19(20-15-24-16-11-8-7-9-12-16)22(18(5-2)21-17)13-10-14-23-6-3/h4,7-9,11-12H,5-6,10,13-15H2,1-3H3/b17-4+,20-19?. The van der Waals surface area contributed by atoms with Crippen LogP contribution < -0.4 is 4.74 Å². The number of nitrogens with zero attached hydrogens (tertiary/aromatic N) is 3. The number of aliphatic imine (C=N–C) groups is 2. The van der Waals surface area contributed by atoms with E-state index in [9.17, 15) is 0 Å². The Morgan fingerprint density at radius 3 is 2.67 bits per heavy atom. The van der Waals surface area contributed by atoms with Crippen molar-refractivity contribution in [2.24, 2.45) is 9.98 Å². The van der Waals surface area contributed by atoms with Crippen LogP contribution in [-0.4, -0.2) is 43.1 Å². The van der Waals surface area contributed by atoms with Crippen LogP contribution in [0.4, 0.5) is 0 Å². The zero-order valence-electron chi connectivity index (χ0n) is 14.9. The molecule has 0 radical (unpaired) electrons. The fourth-order valence-corrected chi connectivity index (χ4v) is 2.53. The number of amidine groups is 2. The molecule has 1 aromatic rings. The molecule has 1 heterocycles. The van der Waals surface area contributed by atoms with E-state index in [0.29, 0.717) is 0 Å². The molecule has 0 aliphatic carbocycles. The van der Waals surface area contributed by atoms with Crippen LogP contribution in [0.25, 0.3) is 0 Å². The molecule has 2 rings (SSSR count). The van der Waals surface area contributed by atoms with E-state index in [1.807, 2.05) is 50.3 Å². The zero-order chi connectivity index (χ0) is 17.2. The molecular weight excluding hydrogens is 302 g/mol. The number of hydrogen-bond donors (Lipinski definition) is 0. The monoisotopic (exact) mass is 329 g/mol. The van der Waals surface area contributed by atoms with E-state index in [0.717, 1.165) is 55.7 Å². The molecule has 0 aromatic heterocycles. The first kappa shape index (κ1) is 18.2. The maximum absolute atomic E-state index is 5.70. The van der Waals surface area contributed by atoms with E-state index in [4.69, 9.17) is 9.47 Å². The molecule has 0 fully saturated rings. The quantitative estimate of drug-likeness (QED) is 0.646. The largest absolute Gasteiger partial charge is 0.471 e. The molecule has 0 atom stereocenters. The summed E-state index contributed by atoms with van der Waals surface area (Å²) in [6, 6.07) is 9.73. The second-order valence-corrected chi connectivity index (χ2v) is 5.33. The Labute approximate surface area is 144 Å². The van der Waals surface area contributed by atoms with Gasteiger partial charge in [0.15, 0.2) is 12.6 Å². The first-order valence-corrected chi connectivity index (χ1v) is 8.62. The number of hydrogen-bond acceptors (Lipinski definition) is 4. The first-order chi connectivity index (χ1) is 11.8. The molecule has 0 saturated heterocycles. The van der Waals surface area contributed by atoms with Crippen LogP contribution in [0, 0.1) is 0 Å². The van der Waals surface area contributed by atoms with Gasteiger partial charge in [0.2, 0.25) is 0 Å². The van der Waals surface area contributed by atoms with Gasteiger partial charge in [-0.15, -0.1) is 0 Å². The molecule has 24 heavy (non-hydrogen) atoms. The van der Waals surface area contributed by atoms with E-state index in [2.05, 4.69) is 21.8 Å². The fraction of sp³-hybridized carbons (Fsp3) is 0.474. The van der Waals surface area contributed by atoms with Crippen molar-refractivity contribution in [3.63, 3.8) is 0 Å². The predicted octanol–water partition coefficient (Wildman–Crippen LogP) is 3.88. The SMILES string of the molecule is C/C=C1/N=C(CC)N(CCCOCC)C1=NCOc1ccccc1. The number of allylic oxidation sites excluding steroid dienone is 1. The minimum absolute atomic E-state index is 0.283. The van der Waals surface area contributed by atoms with E-state index >= 15 is 0 Å². The van der Waals surface area contributed by atoms with Crippen molar-refractivity contribution in [1.29, 1.82) is 0 Å². The second-order valence-electron chi connectivity index (χ2n) is 5.33. The lowest BCUT2D eigenvalue weighted by atomic mass is 10.3. The van der Waals surface area contributed by atoms with Gasteiger partial charge in [0.05, 0.1) is 0 Å². The van der Waals surface area contributed by atoms with Gasteiger partial charge in [0.1, 0.15) is 17.3 Å². The van der Waals surface area contributed by atoms with Gasteiger partial charge in [-0.1, -0.05) is 31.2 Å². The van der Waals surface area contributed by atoms with Crippen LogP contribution in [0.15, 0.2) is 52.1 Å². The van der Waals surface area contributed by atoms with Crippen LogP contribution in [0.5, 0.6) is 5.75 Å². The Bertz CT molecular complexity index is 594. The summed E-state index contributed by atoms with van der Waals surface area (Å²) in [5.41, 5.74) is 0.917. The van der Waals surface area contributed by atoms with Crippen molar-refractivity contribution in [2.75, 3.05) is 26.5 Å². The molecule has 0 amide bonds. The summed E-state index contributed by atoms with van der Waals surface area (Å²) in [7, 11) is 0. The third-order valence-corrected chi connectivity index (χ3v) is 3.70. The normalized spacial score (nSPS) is 17.6. The summed E-state index contributed by atoms with van der Waals surface area (Å²) in [4.78, 5) is 11.5. The summed E-state index contributed by atoms with van der Waals surface area (Å²) in [5, 5.41) is 0. The molecule has 5 nitrogen and oxygen atoms in total. The Morgan fingerprint density at radius 1 is 1.21 bits per heavy atom. The molecule has 1 aromatic carbocycles. The van der Waals surface area contributed by atoms with E-state index in [1.165, 1.54) is 0 Å². The van der Waals surface area contributed by atoms with E-state index < -0.39 is 0 Å². The zero-order valence-corrected chi connectivity index (χ0v) is 14.9. The molecule has 0 saturated carbocycles. The Balaban J connectivity index is 2.03. The number of benzene rings is 1. The topological polar surface area (TPSA) is 46.4 Å². The van der Waals surface area contributed by atoms with Crippen LogP contribution in [0.1, 0.15) is 33.6 Å². The Morgan fingerprint density at radius 2 is 2.00 bits per heavy atom. The molecule has 5 heteroatoms.